The highest BCUT2D eigenvalue weighted by Crippen LogP contribution is 2.48. The lowest BCUT2D eigenvalue weighted by molar-refractivity contribution is -0.137. The quantitative estimate of drug-likeness (QED) is 0.640. The molecule has 1 aliphatic carbocycles. The van der Waals surface area contributed by atoms with Crippen molar-refractivity contribution in [2.75, 3.05) is 6.61 Å². The molecule has 1 aromatic rings. The first-order valence-corrected chi connectivity index (χ1v) is 8.07. The number of rotatable bonds is 6. The van der Waals surface area contributed by atoms with Crippen LogP contribution in [0.2, 0.25) is 0 Å². The molecule has 0 heterocycles. The van der Waals surface area contributed by atoms with Gasteiger partial charge in [-0.3, -0.25) is 14.4 Å². The fraction of sp³-hybridized carbons (Fsp3) is 0.312. The molecule has 25 heavy (non-hydrogen) atoms. The van der Waals surface area contributed by atoms with Gasteiger partial charge in [0.15, 0.2) is 11.5 Å². The van der Waals surface area contributed by atoms with E-state index in [1.807, 2.05) is 0 Å². The van der Waals surface area contributed by atoms with Crippen molar-refractivity contribution < 1.29 is 34.4 Å². The predicted molar refractivity (Wildman–Crippen MR) is 88.9 cm³/mol. The van der Waals surface area contributed by atoms with Crippen LogP contribution in [0.1, 0.15) is 46.0 Å². The minimum atomic E-state index is -1.04. The van der Waals surface area contributed by atoms with E-state index in [0.29, 0.717) is 0 Å². The lowest BCUT2D eigenvalue weighted by Gasteiger charge is -2.22. The SMILES string of the molecule is CCOc1c(O)c2c(c(O)c1CCCC(=O)O)C(=O)C(Cl)=C(Cl)C2=O. The number of Topliss-reactive ketones (excluding diaryl/α,β-unsaturated/α-hetero) is 2. The molecule has 9 heteroatoms. The smallest absolute Gasteiger partial charge is 0.303 e. The Kier molecular flexibility index (Phi) is 5.59. The lowest BCUT2D eigenvalue weighted by Crippen LogP contribution is -2.19. The number of fused-ring (bicyclic) bond motifs is 1. The molecule has 2 rings (SSSR count). The average molecular weight is 389 g/mol. The number of carbonyl (C=O) groups is 3. The molecular weight excluding hydrogens is 375 g/mol. The number of halogens is 2. The minimum Gasteiger partial charge on any atom is -0.507 e. The van der Waals surface area contributed by atoms with Gasteiger partial charge in [-0.25, -0.2) is 0 Å². The zero-order valence-electron chi connectivity index (χ0n) is 13.1. The van der Waals surface area contributed by atoms with E-state index >= 15 is 0 Å². The van der Waals surface area contributed by atoms with Gasteiger partial charge in [0.05, 0.1) is 17.7 Å². The Hall–Kier alpha value is -2.25. The Labute approximate surface area is 152 Å². The minimum absolute atomic E-state index is 0.00480. The third-order valence-electron chi connectivity index (χ3n) is 3.65. The van der Waals surface area contributed by atoms with Crippen molar-refractivity contribution in [1.29, 1.82) is 0 Å². The molecule has 0 atom stereocenters. The molecule has 0 spiro atoms. The van der Waals surface area contributed by atoms with Gasteiger partial charge in [0.2, 0.25) is 11.6 Å². The highest BCUT2D eigenvalue weighted by molar-refractivity contribution is 6.59. The molecule has 134 valence electrons. The second-order valence-electron chi connectivity index (χ2n) is 5.22. The molecular formula is C16H14Cl2O7. The number of hydrogen-bond acceptors (Lipinski definition) is 6. The van der Waals surface area contributed by atoms with Crippen LogP contribution in [0.3, 0.4) is 0 Å². The molecule has 3 N–H and O–H groups in total. The van der Waals surface area contributed by atoms with E-state index < -0.39 is 50.2 Å². The van der Waals surface area contributed by atoms with E-state index in [9.17, 15) is 24.6 Å². The summed E-state index contributed by atoms with van der Waals surface area (Å²) in [4.78, 5) is 35.3. The number of carbonyl (C=O) groups excluding carboxylic acids is 2. The maximum absolute atomic E-state index is 12.3. The van der Waals surface area contributed by atoms with Crippen molar-refractivity contribution in [2.24, 2.45) is 0 Å². The zero-order valence-corrected chi connectivity index (χ0v) is 14.6. The predicted octanol–water partition coefficient (Wildman–Crippen LogP) is 2.97. The number of aliphatic carboxylic acids is 1. The maximum Gasteiger partial charge on any atom is 0.303 e. The van der Waals surface area contributed by atoms with Gasteiger partial charge in [0.1, 0.15) is 15.8 Å². The molecule has 0 bridgehead atoms. The van der Waals surface area contributed by atoms with Crippen molar-refractivity contribution in [3.8, 4) is 17.2 Å². The van der Waals surface area contributed by atoms with Crippen molar-refractivity contribution >= 4 is 40.7 Å². The zero-order chi connectivity index (χ0) is 18.9. The van der Waals surface area contributed by atoms with Gasteiger partial charge >= 0.3 is 5.97 Å². The molecule has 0 aliphatic heterocycles. The fourth-order valence-corrected chi connectivity index (χ4v) is 2.92. The number of hydrogen-bond donors (Lipinski definition) is 3. The summed E-state index contributed by atoms with van der Waals surface area (Å²) in [6.07, 6.45) is -0.0687. The third-order valence-corrected chi connectivity index (χ3v) is 4.47. The van der Waals surface area contributed by atoms with Crippen molar-refractivity contribution in [3.63, 3.8) is 0 Å². The largest absolute Gasteiger partial charge is 0.507 e. The summed E-state index contributed by atoms with van der Waals surface area (Å²) in [5.41, 5.74) is -0.920. The molecule has 0 radical (unpaired) electrons. The van der Waals surface area contributed by atoms with Gasteiger partial charge in [0.25, 0.3) is 0 Å². The lowest BCUT2D eigenvalue weighted by atomic mass is 9.88. The molecule has 0 unspecified atom stereocenters. The van der Waals surface area contributed by atoms with Crippen LogP contribution in [0, 0.1) is 0 Å². The third kappa shape index (κ3) is 3.29. The normalized spacial score (nSPS) is 13.9. The Balaban J connectivity index is 2.68. The Bertz CT molecular complexity index is 811. The fourth-order valence-electron chi connectivity index (χ4n) is 2.56. The Morgan fingerprint density at radius 3 is 2.04 bits per heavy atom. The standard InChI is InChI=1S/C16H14Cl2O7/c1-2-25-16-6(4-3-5-7(19)20)12(21)8-9(15(16)24)14(23)11(18)10(17)13(8)22/h21,24H,2-5H2,1H3,(H,19,20). The second-order valence-corrected chi connectivity index (χ2v) is 5.98. The number of ketones is 2. The van der Waals surface area contributed by atoms with Gasteiger partial charge in [-0.15, -0.1) is 0 Å². The highest BCUT2D eigenvalue weighted by Gasteiger charge is 2.38. The van der Waals surface area contributed by atoms with Gasteiger partial charge in [0, 0.05) is 12.0 Å². The first-order chi connectivity index (χ1) is 11.7. The summed E-state index contributed by atoms with van der Waals surface area (Å²) >= 11 is 11.5. The van der Waals surface area contributed by atoms with Crippen LogP contribution in [0.5, 0.6) is 17.2 Å². The topological polar surface area (TPSA) is 121 Å². The van der Waals surface area contributed by atoms with Gasteiger partial charge in [-0.2, -0.15) is 0 Å². The molecule has 0 amide bonds. The van der Waals surface area contributed by atoms with Crippen LogP contribution >= 0.6 is 23.2 Å². The van der Waals surface area contributed by atoms with Crippen molar-refractivity contribution in [1.82, 2.24) is 0 Å². The van der Waals surface area contributed by atoms with Crippen LogP contribution in [0.25, 0.3) is 0 Å². The molecule has 0 fully saturated rings. The van der Waals surface area contributed by atoms with Crippen LogP contribution in [-0.2, 0) is 11.2 Å². The van der Waals surface area contributed by atoms with Crippen LogP contribution in [0.4, 0.5) is 0 Å². The number of benzene rings is 1. The van der Waals surface area contributed by atoms with Gasteiger partial charge < -0.3 is 20.1 Å². The van der Waals surface area contributed by atoms with Crippen molar-refractivity contribution in [3.05, 3.63) is 26.8 Å². The van der Waals surface area contributed by atoms with Gasteiger partial charge in [-0.1, -0.05) is 23.2 Å². The first kappa shape index (κ1) is 19.1. The van der Waals surface area contributed by atoms with Crippen LogP contribution < -0.4 is 4.74 Å². The number of phenols is 2. The average Bonchev–Trinajstić information content (AvgIpc) is 2.56. The van der Waals surface area contributed by atoms with Gasteiger partial charge in [-0.05, 0) is 19.8 Å². The Morgan fingerprint density at radius 1 is 1.04 bits per heavy atom. The summed E-state index contributed by atoms with van der Waals surface area (Å²) in [7, 11) is 0. The molecule has 0 saturated heterocycles. The monoisotopic (exact) mass is 388 g/mol. The summed E-state index contributed by atoms with van der Waals surface area (Å²) in [6.45, 7) is 1.72. The first-order valence-electron chi connectivity index (χ1n) is 7.32. The molecule has 0 aromatic heterocycles. The summed E-state index contributed by atoms with van der Waals surface area (Å²) in [6, 6.07) is 0. The number of carboxylic acid groups (broad SMARTS) is 1. The number of ether oxygens (including phenoxy) is 1. The van der Waals surface area contributed by atoms with Crippen LogP contribution in [-0.4, -0.2) is 39.5 Å². The summed E-state index contributed by atoms with van der Waals surface area (Å²) in [5.74, 6) is -4.26. The van der Waals surface area contributed by atoms with E-state index in [-0.39, 0.29) is 37.2 Å². The van der Waals surface area contributed by atoms with Crippen LogP contribution in [0.15, 0.2) is 10.1 Å². The number of aromatic hydroxyl groups is 2. The summed E-state index contributed by atoms with van der Waals surface area (Å²) < 4.78 is 5.30. The summed E-state index contributed by atoms with van der Waals surface area (Å²) in [5, 5.41) is 28.5. The van der Waals surface area contributed by atoms with Crippen molar-refractivity contribution in [2.45, 2.75) is 26.2 Å². The highest BCUT2D eigenvalue weighted by atomic mass is 35.5. The maximum atomic E-state index is 12.3. The molecule has 1 aromatic carbocycles. The second kappa shape index (κ2) is 7.33. The van der Waals surface area contributed by atoms with E-state index in [1.54, 1.807) is 6.92 Å². The number of allylic oxidation sites excluding steroid dienone is 2. The number of phenolic OH excluding ortho intramolecular Hbond substituents is 2. The Morgan fingerprint density at radius 2 is 1.56 bits per heavy atom. The molecule has 7 nitrogen and oxygen atoms in total. The number of carboxylic acids is 1. The molecule has 1 aliphatic rings. The van der Waals surface area contributed by atoms with E-state index in [0.717, 1.165) is 0 Å². The molecule has 0 saturated carbocycles. The van der Waals surface area contributed by atoms with E-state index in [4.69, 9.17) is 33.0 Å². The van der Waals surface area contributed by atoms with E-state index in [2.05, 4.69) is 0 Å². The van der Waals surface area contributed by atoms with E-state index in [1.165, 1.54) is 0 Å².